The van der Waals surface area contributed by atoms with Crippen LogP contribution in [0.5, 0.6) is 0 Å². The summed E-state index contributed by atoms with van der Waals surface area (Å²) in [4.78, 5) is 11.0. The van der Waals surface area contributed by atoms with Crippen LogP contribution in [0.4, 0.5) is 5.69 Å². The van der Waals surface area contributed by atoms with Crippen molar-refractivity contribution in [2.45, 2.75) is 25.8 Å². The van der Waals surface area contributed by atoms with Crippen LogP contribution in [0, 0.1) is 0 Å². The number of anilines is 1. The largest absolute Gasteiger partial charge is 0.398 e. The van der Waals surface area contributed by atoms with Gasteiger partial charge in [-0.1, -0.05) is 6.92 Å². The van der Waals surface area contributed by atoms with Crippen LogP contribution in [0.25, 0.3) is 11.3 Å². The quantitative estimate of drug-likeness (QED) is 0.929. The zero-order chi connectivity index (χ0) is 13.9. The number of pyridine rings is 1. The molecule has 1 saturated heterocycles. The predicted molar refractivity (Wildman–Crippen MR) is 80.3 cm³/mol. The summed E-state index contributed by atoms with van der Waals surface area (Å²) < 4.78 is 2.26. The molecule has 1 aliphatic heterocycles. The molecule has 0 spiro atoms. The topological polar surface area (TPSA) is 60.0 Å². The average Bonchev–Trinajstić information content (AvgIpc) is 2.97. The second-order valence-corrected chi connectivity index (χ2v) is 5.34. The van der Waals surface area contributed by atoms with E-state index >= 15 is 0 Å². The molecule has 0 bridgehead atoms. The lowest BCUT2D eigenvalue weighted by Crippen LogP contribution is -2.36. The number of likely N-dealkylation sites (N-methyl/N-ethyl adjacent to an activating group) is 1. The highest BCUT2D eigenvalue weighted by molar-refractivity contribution is 5.72. The summed E-state index contributed by atoms with van der Waals surface area (Å²) in [5.74, 6) is 0. The summed E-state index contributed by atoms with van der Waals surface area (Å²) in [6, 6.07) is 2.31. The number of rotatable bonds is 3. The summed E-state index contributed by atoms with van der Waals surface area (Å²) in [6.07, 6.45) is 9.78. The highest BCUT2D eigenvalue weighted by Gasteiger charge is 2.22. The van der Waals surface area contributed by atoms with Crippen molar-refractivity contribution in [1.82, 2.24) is 19.4 Å². The van der Waals surface area contributed by atoms with Crippen LogP contribution in [0.15, 0.2) is 31.0 Å². The molecule has 1 atom stereocenters. The Morgan fingerprint density at radius 1 is 1.35 bits per heavy atom. The molecule has 1 aliphatic rings. The molecular formula is C15H21N5. The molecule has 0 amide bonds. The van der Waals surface area contributed by atoms with Crippen LogP contribution in [-0.4, -0.2) is 39.1 Å². The third-order valence-electron chi connectivity index (χ3n) is 4.12. The minimum absolute atomic E-state index is 0.473. The summed E-state index contributed by atoms with van der Waals surface area (Å²) in [7, 11) is 0. The first-order chi connectivity index (χ1) is 9.79. The molecule has 106 valence electrons. The lowest BCUT2D eigenvalue weighted by Gasteiger charge is -2.33. The molecule has 0 saturated carbocycles. The van der Waals surface area contributed by atoms with Crippen molar-refractivity contribution < 1.29 is 0 Å². The van der Waals surface area contributed by atoms with E-state index in [9.17, 15) is 0 Å². The van der Waals surface area contributed by atoms with Gasteiger partial charge in [-0.15, -0.1) is 0 Å². The van der Waals surface area contributed by atoms with E-state index in [2.05, 4.69) is 26.4 Å². The number of piperidine rings is 1. The van der Waals surface area contributed by atoms with Crippen molar-refractivity contribution in [1.29, 1.82) is 0 Å². The number of nitrogen functional groups attached to an aromatic ring is 1. The number of aromatic nitrogens is 3. The van der Waals surface area contributed by atoms with E-state index in [0.717, 1.165) is 30.0 Å². The van der Waals surface area contributed by atoms with Crippen LogP contribution < -0.4 is 5.73 Å². The molecule has 3 heterocycles. The highest BCUT2D eigenvalue weighted by atomic mass is 15.2. The lowest BCUT2D eigenvalue weighted by molar-refractivity contribution is 0.186. The van der Waals surface area contributed by atoms with E-state index in [1.165, 1.54) is 19.4 Å². The van der Waals surface area contributed by atoms with E-state index in [0.29, 0.717) is 6.04 Å². The molecule has 0 aliphatic carbocycles. The van der Waals surface area contributed by atoms with Crippen molar-refractivity contribution in [3.63, 3.8) is 0 Å². The van der Waals surface area contributed by atoms with Crippen molar-refractivity contribution in [2.75, 3.05) is 25.4 Å². The summed E-state index contributed by atoms with van der Waals surface area (Å²) >= 11 is 0. The van der Waals surface area contributed by atoms with Crippen LogP contribution in [0.2, 0.25) is 0 Å². The maximum Gasteiger partial charge on any atom is 0.0954 e. The van der Waals surface area contributed by atoms with Crippen LogP contribution in [0.3, 0.4) is 0 Å². The molecule has 0 aromatic carbocycles. The molecule has 1 unspecified atom stereocenters. The van der Waals surface area contributed by atoms with E-state index < -0.39 is 0 Å². The maximum absolute atomic E-state index is 6.07. The third kappa shape index (κ3) is 2.41. The highest BCUT2D eigenvalue weighted by Crippen LogP contribution is 2.30. The minimum Gasteiger partial charge on any atom is -0.398 e. The maximum atomic E-state index is 6.07. The molecular weight excluding hydrogens is 250 g/mol. The first-order valence-electron chi connectivity index (χ1n) is 7.23. The van der Waals surface area contributed by atoms with Gasteiger partial charge >= 0.3 is 0 Å². The fraction of sp³-hybridized carbons (Fsp3) is 0.467. The van der Waals surface area contributed by atoms with E-state index in [1.54, 1.807) is 6.20 Å². The van der Waals surface area contributed by atoms with Crippen LogP contribution >= 0.6 is 0 Å². The molecule has 2 aromatic heterocycles. The van der Waals surface area contributed by atoms with E-state index in [4.69, 9.17) is 5.73 Å². The number of nitrogens with zero attached hydrogens (tertiary/aromatic N) is 4. The van der Waals surface area contributed by atoms with E-state index in [-0.39, 0.29) is 0 Å². The predicted octanol–water partition coefficient (Wildman–Crippen LogP) is 2.18. The number of nitrogens with two attached hydrogens (primary N) is 1. The third-order valence-corrected chi connectivity index (χ3v) is 4.12. The first kappa shape index (κ1) is 13.1. The molecule has 2 N–H and O–H groups in total. The Bertz CT molecular complexity index is 577. The van der Waals surface area contributed by atoms with Crippen LogP contribution in [-0.2, 0) is 0 Å². The summed E-state index contributed by atoms with van der Waals surface area (Å²) in [5.41, 5.74) is 8.87. The smallest absolute Gasteiger partial charge is 0.0954 e. The van der Waals surface area contributed by atoms with Gasteiger partial charge in [0.05, 0.1) is 18.2 Å². The van der Waals surface area contributed by atoms with Gasteiger partial charge in [-0.3, -0.25) is 4.98 Å². The zero-order valence-corrected chi connectivity index (χ0v) is 11.9. The Hall–Kier alpha value is -1.88. The molecule has 5 nitrogen and oxygen atoms in total. The molecule has 0 radical (unpaired) electrons. The standard InChI is InChI=1S/C15H21N5/c1-2-19-7-3-4-12(10-19)20-11-18-9-15(20)13-8-17-6-5-14(13)16/h5-6,8-9,11-12H,2-4,7,10H2,1H3,(H2,16,17). The number of likely N-dealkylation sites (tertiary alicyclic amines) is 1. The lowest BCUT2D eigenvalue weighted by atomic mass is 10.0. The average molecular weight is 271 g/mol. The van der Waals surface area contributed by atoms with Gasteiger partial charge in [-0.25, -0.2) is 4.98 Å². The minimum atomic E-state index is 0.473. The van der Waals surface area contributed by atoms with Crippen LogP contribution in [0.1, 0.15) is 25.8 Å². The number of hydrogen-bond acceptors (Lipinski definition) is 4. The Labute approximate surface area is 119 Å². The molecule has 20 heavy (non-hydrogen) atoms. The fourth-order valence-corrected chi connectivity index (χ4v) is 2.97. The zero-order valence-electron chi connectivity index (χ0n) is 11.9. The van der Waals surface area contributed by atoms with Gasteiger partial charge in [-0.2, -0.15) is 0 Å². The number of hydrogen-bond donors (Lipinski definition) is 1. The first-order valence-corrected chi connectivity index (χ1v) is 7.23. The normalized spacial score (nSPS) is 20.1. The van der Waals surface area contributed by atoms with Crippen molar-refractivity contribution in [3.8, 4) is 11.3 Å². The van der Waals surface area contributed by atoms with Crippen molar-refractivity contribution >= 4 is 5.69 Å². The summed E-state index contributed by atoms with van der Waals surface area (Å²) in [6.45, 7) is 5.61. The van der Waals surface area contributed by atoms with Crippen molar-refractivity contribution in [3.05, 3.63) is 31.0 Å². The fourth-order valence-electron chi connectivity index (χ4n) is 2.97. The van der Waals surface area contributed by atoms with E-state index in [1.807, 2.05) is 24.8 Å². The molecule has 5 heteroatoms. The molecule has 2 aromatic rings. The number of imidazole rings is 1. The van der Waals surface area contributed by atoms with Gasteiger partial charge in [0, 0.05) is 36.2 Å². The van der Waals surface area contributed by atoms with Crippen molar-refractivity contribution in [2.24, 2.45) is 0 Å². The Kier molecular flexibility index (Phi) is 3.69. The van der Waals surface area contributed by atoms with Gasteiger partial charge in [0.15, 0.2) is 0 Å². The summed E-state index contributed by atoms with van der Waals surface area (Å²) in [5, 5.41) is 0. The second kappa shape index (κ2) is 5.63. The van der Waals surface area contributed by atoms with Gasteiger partial charge in [-0.05, 0) is 32.0 Å². The SMILES string of the molecule is CCN1CCCC(n2cncc2-c2cnccc2N)C1. The molecule has 1 fully saturated rings. The van der Waals surface area contributed by atoms with Gasteiger partial charge in [0.2, 0.25) is 0 Å². The van der Waals surface area contributed by atoms with Gasteiger partial charge in [0.1, 0.15) is 0 Å². The Morgan fingerprint density at radius 2 is 2.25 bits per heavy atom. The van der Waals surface area contributed by atoms with Gasteiger partial charge < -0.3 is 15.2 Å². The van der Waals surface area contributed by atoms with Gasteiger partial charge in [0.25, 0.3) is 0 Å². The second-order valence-electron chi connectivity index (χ2n) is 5.34. The monoisotopic (exact) mass is 271 g/mol. The molecule has 3 rings (SSSR count). The Morgan fingerprint density at radius 3 is 3.05 bits per heavy atom. The Balaban J connectivity index is 1.92.